The average Bonchev–Trinajstić information content (AvgIpc) is 3.01. The Morgan fingerprint density at radius 2 is 2.09 bits per heavy atom. The van der Waals surface area contributed by atoms with E-state index in [1.165, 1.54) is 6.08 Å². The third-order valence-electron chi connectivity index (χ3n) is 4.21. The van der Waals surface area contributed by atoms with Crippen molar-refractivity contribution in [2.24, 2.45) is 5.92 Å². The van der Waals surface area contributed by atoms with Crippen molar-refractivity contribution in [2.45, 2.75) is 39.0 Å². The van der Waals surface area contributed by atoms with E-state index < -0.39 is 0 Å². The lowest BCUT2D eigenvalue weighted by Crippen LogP contribution is -2.38. The maximum atomic E-state index is 12.5. The highest BCUT2D eigenvalue weighted by Crippen LogP contribution is 2.35. The van der Waals surface area contributed by atoms with Crippen LogP contribution in [0, 0.1) is 5.92 Å². The number of nitrogens with one attached hydrogen (secondary N) is 1. The van der Waals surface area contributed by atoms with Crippen molar-refractivity contribution in [3.05, 3.63) is 47.7 Å². The van der Waals surface area contributed by atoms with Crippen LogP contribution in [0.1, 0.15) is 25.8 Å². The molecule has 1 N–H and O–H groups in total. The minimum Gasteiger partial charge on any atom is -0.444 e. The minimum absolute atomic E-state index is 0.0557. The first kappa shape index (κ1) is 14.6. The molecular formula is C17H20N2O3. The molecule has 1 saturated heterocycles. The van der Waals surface area contributed by atoms with Crippen molar-refractivity contribution in [3.8, 4) is 0 Å². The molecule has 0 radical (unpaired) electrons. The summed E-state index contributed by atoms with van der Waals surface area (Å²) in [4.78, 5) is 25.7. The summed E-state index contributed by atoms with van der Waals surface area (Å²) in [6, 6.07) is 9.57. The number of rotatable bonds is 3. The minimum atomic E-state index is -0.382. The van der Waals surface area contributed by atoms with E-state index in [9.17, 15) is 9.59 Å². The summed E-state index contributed by atoms with van der Waals surface area (Å²) in [7, 11) is 0. The summed E-state index contributed by atoms with van der Waals surface area (Å²) in [5.41, 5.74) is 1.68. The van der Waals surface area contributed by atoms with Gasteiger partial charge in [0.2, 0.25) is 5.91 Å². The summed E-state index contributed by atoms with van der Waals surface area (Å²) in [5, 5.41) is 2.88. The van der Waals surface area contributed by atoms with Crippen molar-refractivity contribution in [1.82, 2.24) is 10.2 Å². The Morgan fingerprint density at radius 1 is 1.36 bits per heavy atom. The predicted octanol–water partition coefficient (Wildman–Crippen LogP) is 2.44. The van der Waals surface area contributed by atoms with Gasteiger partial charge in [-0.1, -0.05) is 44.2 Å². The molecule has 2 unspecified atom stereocenters. The molecule has 22 heavy (non-hydrogen) atoms. The molecular weight excluding hydrogens is 280 g/mol. The van der Waals surface area contributed by atoms with Crippen LogP contribution in [0.15, 0.2) is 42.1 Å². The fourth-order valence-corrected chi connectivity index (χ4v) is 3.08. The lowest BCUT2D eigenvalue weighted by atomic mass is 10.0. The van der Waals surface area contributed by atoms with E-state index in [-0.39, 0.29) is 30.7 Å². The molecule has 1 fully saturated rings. The molecule has 0 aliphatic carbocycles. The van der Waals surface area contributed by atoms with Gasteiger partial charge in [-0.05, 0) is 17.9 Å². The topological polar surface area (TPSA) is 58.6 Å². The van der Waals surface area contributed by atoms with Gasteiger partial charge in [-0.25, -0.2) is 4.79 Å². The molecule has 0 bridgehead atoms. The van der Waals surface area contributed by atoms with Gasteiger partial charge >= 0.3 is 6.09 Å². The van der Waals surface area contributed by atoms with E-state index in [0.717, 1.165) is 17.7 Å². The van der Waals surface area contributed by atoms with Gasteiger partial charge < -0.3 is 10.1 Å². The van der Waals surface area contributed by atoms with Crippen LogP contribution in [0.4, 0.5) is 4.79 Å². The Labute approximate surface area is 129 Å². The van der Waals surface area contributed by atoms with E-state index in [4.69, 9.17) is 4.74 Å². The van der Waals surface area contributed by atoms with E-state index in [1.54, 1.807) is 4.90 Å². The Hall–Kier alpha value is -2.30. The highest BCUT2D eigenvalue weighted by Gasteiger charge is 2.45. The molecule has 2 atom stereocenters. The molecule has 1 aromatic carbocycles. The van der Waals surface area contributed by atoms with E-state index in [2.05, 4.69) is 19.2 Å². The fraction of sp³-hybridized carbons (Fsp3) is 0.412. The number of fused-ring (bicyclic) bond motifs is 1. The van der Waals surface area contributed by atoms with Gasteiger partial charge in [0.25, 0.3) is 0 Å². The number of carbonyl (C=O) groups excluding carboxylic acids is 2. The van der Waals surface area contributed by atoms with Crippen molar-refractivity contribution in [2.75, 3.05) is 0 Å². The van der Waals surface area contributed by atoms with Crippen LogP contribution >= 0.6 is 0 Å². The Morgan fingerprint density at radius 3 is 2.77 bits per heavy atom. The summed E-state index contributed by atoms with van der Waals surface area (Å²) >= 11 is 0. The van der Waals surface area contributed by atoms with Gasteiger partial charge in [0, 0.05) is 12.1 Å². The molecule has 5 nitrogen and oxygen atoms in total. The first-order valence-electron chi connectivity index (χ1n) is 7.58. The summed E-state index contributed by atoms with van der Waals surface area (Å²) < 4.78 is 5.44. The largest absolute Gasteiger partial charge is 0.444 e. The zero-order valence-electron chi connectivity index (χ0n) is 12.8. The van der Waals surface area contributed by atoms with Crippen molar-refractivity contribution in [1.29, 1.82) is 0 Å². The SMILES string of the molecule is CC(C)C1CC2NC(=O)C=C2N1C(=O)OCc1ccccc1. The molecule has 2 aliphatic rings. The second-order valence-corrected chi connectivity index (χ2v) is 6.09. The van der Waals surface area contributed by atoms with Crippen LogP contribution in [0.25, 0.3) is 0 Å². The van der Waals surface area contributed by atoms with Gasteiger partial charge in [-0.2, -0.15) is 0 Å². The normalized spacial score (nSPS) is 23.3. The highest BCUT2D eigenvalue weighted by molar-refractivity contribution is 5.93. The molecule has 2 aliphatic heterocycles. The maximum Gasteiger partial charge on any atom is 0.414 e. The van der Waals surface area contributed by atoms with Crippen LogP contribution in [0.2, 0.25) is 0 Å². The molecule has 2 heterocycles. The predicted molar refractivity (Wildman–Crippen MR) is 81.7 cm³/mol. The number of carbonyl (C=O) groups is 2. The molecule has 3 rings (SSSR count). The zero-order valence-corrected chi connectivity index (χ0v) is 12.8. The Balaban J connectivity index is 1.73. The quantitative estimate of drug-likeness (QED) is 0.932. The van der Waals surface area contributed by atoms with Crippen molar-refractivity contribution >= 4 is 12.0 Å². The standard InChI is InChI=1S/C17H20N2O3/c1-11(2)14-8-13-15(9-16(20)18-13)19(14)17(21)22-10-12-6-4-3-5-7-12/h3-7,9,11,13-14H,8,10H2,1-2H3,(H,18,20). The number of hydrogen-bond donors (Lipinski definition) is 1. The van der Waals surface area contributed by atoms with E-state index in [1.807, 2.05) is 30.3 Å². The molecule has 2 amide bonds. The Bertz CT molecular complexity index is 610. The van der Waals surface area contributed by atoms with Crippen LogP contribution in [-0.4, -0.2) is 29.0 Å². The molecule has 0 saturated carbocycles. The number of hydrogen-bond acceptors (Lipinski definition) is 3. The fourth-order valence-electron chi connectivity index (χ4n) is 3.08. The highest BCUT2D eigenvalue weighted by atomic mass is 16.6. The molecule has 1 aromatic rings. The molecule has 5 heteroatoms. The lowest BCUT2D eigenvalue weighted by molar-refractivity contribution is -0.116. The van der Waals surface area contributed by atoms with Crippen molar-refractivity contribution in [3.63, 3.8) is 0 Å². The first-order valence-corrected chi connectivity index (χ1v) is 7.58. The summed E-state index contributed by atoms with van der Waals surface area (Å²) in [6.45, 7) is 4.39. The third kappa shape index (κ3) is 2.71. The van der Waals surface area contributed by atoms with E-state index >= 15 is 0 Å². The monoisotopic (exact) mass is 300 g/mol. The maximum absolute atomic E-state index is 12.5. The van der Waals surface area contributed by atoms with Gasteiger partial charge in [-0.3, -0.25) is 9.69 Å². The van der Waals surface area contributed by atoms with Crippen LogP contribution in [0.5, 0.6) is 0 Å². The second-order valence-electron chi connectivity index (χ2n) is 6.09. The molecule has 0 aromatic heterocycles. The van der Waals surface area contributed by atoms with Gasteiger partial charge in [0.15, 0.2) is 0 Å². The second kappa shape index (κ2) is 5.83. The average molecular weight is 300 g/mol. The lowest BCUT2D eigenvalue weighted by Gasteiger charge is -2.27. The van der Waals surface area contributed by atoms with Gasteiger partial charge in [0.05, 0.1) is 11.7 Å². The zero-order chi connectivity index (χ0) is 15.7. The number of benzene rings is 1. The van der Waals surface area contributed by atoms with Crippen LogP contribution in [-0.2, 0) is 16.1 Å². The summed E-state index contributed by atoms with van der Waals surface area (Å²) in [6.07, 6.45) is 1.87. The van der Waals surface area contributed by atoms with Crippen LogP contribution in [0.3, 0.4) is 0 Å². The first-order chi connectivity index (χ1) is 10.6. The number of ether oxygens (including phenoxy) is 1. The number of nitrogens with zero attached hydrogens (tertiary/aromatic N) is 1. The summed E-state index contributed by atoms with van der Waals surface area (Å²) in [5.74, 6) is 0.163. The molecule has 116 valence electrons. The van der Waals surface area contributed by atoms with E-state index in [0.29, 0.717) is 5.92 Å². The van der Waals surface area contributed by atoms with Gasteiger partial charge in [-0.15, -0.1) is 0 Å². The molecule has 0 spiro atoms. The van der Waals surface area contributed by atoms with Crippen molar-refractivity contribution < 1.29 is 14.3 Å². The number of likely N-dealkylation sites (tertiary alicyclic amines) is 1. The van der Waals surface area contributed by atoms with Gasteiger partial charge in [0.1, 0.15) is 6.61 Å². The smallest absolute Gasteiger partial charge is 0.414 e. The Kier molecular flexibility index (Phi) is 3.88. The van der Waals surface area contributed by atoms with Crippen LogP contribution < -0.4 is 5.32 Å². The number of amides is 2. The third-order valence-corrected chi connectivity index (χ3v) is 4.21.